The van der Waals surface area contributed by atoms with Crippen molar-refractivity contribution < 1.29 is 22.3 Å². The number of rotatable bonds is 8. The molecule has 1 amide bonds. The van der Waals surface area contributed by atoms with Crippen molar-refractivity contribution in [1.82, 2.24) is 14.3 Å². The molecule has 3 rings (SSSR count). The van der Waals surface area contributed by atoms with Crippen molar-refractivity contribution in [2.24, 2.45) is 5.92 Å². The SMILES string of the molecule is COC(=O)NS(=O)(=O)c1ccc(CC(C)C)cc1-c1ccc(Cn2ccnc2C(C)(C)F)cc1. The molecule has 0 spiro atoms. The van der Waals surface area contributed by atoms with Gasteiger partial charge in [0.15, 0.2) is 5.67 Å². The van der Waals surface area contributed by atoms with Crippen LogP contribution in [0.1, 0.15) is 44.6 Å². The predicted molar refractivity (Wildman–Crippen MR) is 129 cm³/mol. The molecule has 2 aromatic carbocycles. The van der Waals surface area contributed by atoms with Crippen LogP contribution in [0.2, 0.25) is 0 Å². The minimum absolute atomic E-state index is 0.0192. The molecule has 1 N–H and O–H groups in total. The third-order valence-electron chi connectivity index (χ3n) is 5.25. The molecular formula is C25H30FN3O4S. The number of hydrogen-bond donors (Lipinski definition) is 1. The lowest BCUT2D eigenvalue weighted by Crippen LogP contribution is -2.30. The van der Waals surface area contributed by atoms with E-state index in [4.69, 9.17) is 0 Å². The second kappa shape index (κ2) is 9.97. The topological polar surface area (TPSA) is 90.3 Å². The molecule has 0 saturated carbocycles. The highest BCUT2D eigenvalue weighted by atomic mass is 32.2. The highest BCUT2D eigenvalue weighted by Crippen LogP contribution is 2.30. The van der Waals surface area contributed by atoms with Gasteiger partial charge in [-0.05, 0) is 55.0 Å². The number of halogens is 1. The highest BCUT2D eigenvalue weighted by Gasteiger charge is 2.25. The van der Waals surface area contributed by atoms with Crippen molar-refractivity contribution in [2.45, 2.75) is 51.2 Å². The van der Waals surface area contributed by atoms with Crippen LogP contribution in [0.25, 0.3) is 11.1 Å². The first kappa shape index (κ1) is 25.4. The summed E-state index contributed by atoms with van der Waals surface area (Å²) in [4.78, 5) is 15.7. The van der Waals surface area contributed by atoms with Gasteiger partial charge in [-0.25, -0.2) is 27.3 Å². The summed E-state index contributed by atoms with van der Waals surface area (Å²) in [5.41, 5.74) is 1.48. The van der Waals surface area contributed by atoms with Crippen molar-refractivity contribution in [3.63, 3.8) is 0 Å². The number of alkyl halides is 1. The first-order chi connectivity index (χ1) is 15.9. The molecule has 3 aromatic rings. The third-order valence-corrected chi connectivity index (χ3v) is 6.62. The van der Waals surface area contributed by atoms with Crippen LogP contribution in [0.3, 0.4) is 0 Å². The second-order valence-corrected chi connectivity index (χ2v) is 10.7. The van der Waals surface area contributed by atoms with Crippen LogP contribution in [0.5, 0.6) is 0 Å². The lowest BCUT2D eigenvalue weighted by atomic mass is 9.97. The molecule has 0 unspecified atom stereocenters. The molecule has 0 atom stereocenters. The maximum atomic E-state index is 14.4. The van der Waals surface area contributed by atoms with Crippen molar-refractivity contribution in [3.05, 3.63) is 71.8 Å². The monoisotopic (exact) mass is 487 g/mol. The number of hydrogen-bond acceptors (Lipinski definition) is 5. The van der Waals surface area contributed by atoms with Crippen LogP contribution >= 0.6 is 0 Å². The number of amides is 1. The molecule has 0 fully saturated rings. The minimum atomic E-state index is -4.15. The van der Waals surface area contributed by atoms with Gasteiger partial charge in [-0.15, -0.1) is 0 Å². The Bertz CT molecular complexity index is 1260. The normalized spacial score (nSPS) is 12.1. The van der Waals surface area contributed by atoms with Gasteiger partial charge in [-0.1, -0.05) is 44.2 Å². The van der Waals surface area contributed by atoms with E-state index in [2.05, 4.69) is 23.6 Å². The van der Waals surface area contributed by atoms with Gasteiger partial charge in [0.25, 0.3) is 10.0 Å². The lowest BCUT2D eigenvalue weighted by molar-refractivity contribution is 0.177. The summed E-state index contributed by atoms with van der Waals surface area (Å²) in [6.07, 6.45) is 3.01. The largest absolute Gasteiger partial charge is 0.452 e. The van der Waals surface area contributed by atoms with Crippen LogP contribution in [0.4, 0.5) is 9.18 Å². The summed E-state index contributed by atoms with van der Waals surface area (Å²) < 4.78 is 48.3. The number of imidazole rings is 1. The van der Waals surface area contributed by atoms with Crippen molar-refractivity contribution >= 4 is 16.1 Å². The van der Waals surface area contributed by atoms with Crippen molar-refractivity contribution in [3.8, 4) is 11.1 Å². The summed E-state index contributed by atoms with van der Waals surface area (Å²) in [5.74, 6) is 0.718. The van der Waals surface area contributed by atoms with E-state index in [1.165, 1.54) is 19.9 Å². The van der Waals surface area contributed by atoms with Crippen LogP contribution < -0.4 is 4.72 Å². The number of carbonyl (C=O) groups excluding carboxylic acids is 1. The van der Waals surface area contributed by atoms with E-state index in [-0.39, 0.29) is 4.90 Å². The van der Waals surface area contributed by atoms with E-state index in [0.29, 0.717) is 29.4 Å². The molecule has 0 saturated heterocycles. The highest BCUT2D eigenvalue weighted by molar-refractivity contribution is 7.90. The average molecular weight is 488 g/mol. The average Bonchev–Trinajstić information content (AvgIpc) is 3.22. The van der Waals surface area contributed by atoms with E-state index in [9.17, 15) is 17.6 Å². The number of nitrogens with one attached hydrogen (secondary N) is 1. The molecule has 9 heteroatoms. The van der Waals surface area contributed by atoms with E-state index >= 15 is 0 Å². The fourth-order valence-corrected chi connectivity index (χ4v) is 4.91. The molecular weight excluding hydrogens is 457 g/mol. The summed E-state index contributed by atoms with van der Waals surface area (Å²) in [7, 11) is -3.04. The molecule has 34 heavy (non-hydrogen) atoms. The number of ether oxygens (including phenoxy) is 1. The predicted octanol–water partition coefficient (Wildman–Crippen LogP) is 5.05. The Kier molecular flexibility index (Phi) is 7.45. The summed E-state index contributed by atoms with van der Waals surface area (Å²) in [6, 6.07) is 12.5. The molecule has 7 nitrogen and oxygen atoms in total. The first-order valence-electron chi connectivity index (χ1n) is 10.9. The quantitative estimate of drug-likeness (QED) is 0.480. The Morgan fingerprint density at radius 2 is 1.79 bits per heavy atom. The zero-order chi connectivity index (χ0) is 25.1. The van der Waals surface area contributed by atoms with Gasteiger partial charge in [-0.2, -0.15) is 0 Å². The van der Waals surface area contributed by atoms with Gasteiger partial charge < -0.3 is 9.30 Å². The minimum Gasteiger partial charge on any atom is -0.452 e. The molecule has 182 valence electrons. The summed E-state index contributed by atoms with van der Waals surface area (Å²) in [5, 5.41) is 0. The van der Waals surface area contributed by atoms with Crippen molar-refractivity contribution in [2.75, 3.05) is 7.11 Å². The van der Waals surface area contributed by atoms with Crippen LogP contribution in [0, 0.1) is 5.92 Å². The Hall–Kier alpha value is -3.20. The Morgan fingerprint density at radius 1 is 1.15 bits per heavy atom. The fraction of sp³-hybridized carbons (Fsp3) is 0.360. The number of aromatic nitrogens is 2. The Balaban J connectivity index is 1.99. The molecule has 1 heterocycles. The van der Waals surface area contributed by atoms with Gasteiger partial charge in [0.05, 0.1) is 12.0 Å². The standard InChI is InChI=1S/C25H30FN3O4S/c1-17(2)14-19-8-11-22(34(31,32)28-24(30)33-5)21(15-19)20-9-6-18(7-10-20)16-29-13-12-27-23(29)25(3,4)26/h6-13,15,17H,14,16H2,1-5H3,(H,28,30). The van der Waals surface area contributed by atoms with E-state index in [1.54, 1.807) is 23.0 Å². The van der Waals surface area contributed by atoms with Crippen LogP contribution in [0.15, 0.2) is 59.8 Å². The number of nitrogens with zero attached hydrogens (tertiary/aromatic N) is 2. The molecule has 1 aromatic heterocycles. The summed E-state index contributed by atoms with van der Waals surface area (Å²) >= 11 is 0. The van der Waals surface area contributed by atoms with Gasteiger partial charge >= 0.3 is 6.09 Å². The number of carbonyl (C=O) groups is 1. The molecule has 0 aliphatic heterocycles. The van der Waals surface area contributed by atoms with Gasteiger partial charge in [0.1, 0.15) is 5.82 Å². The molecule has 0 radical (unpaired) electrons. The van der Waals surface area contributed by atoms with E-state index in [0.717, 1.165) is 24.7 Å². The van der Waals surface area contributed by atoms with Crippen molar-refractivity contribution in [1.29, 1.82) is 0 Å². The fourth-order valence-electron chi connectivity index (χ4n) is 3.78. The maximum absolute atomic E-state index is 14.4. The smallest absolute Gasteiger partial charge is 0.420 e. The molecule has 0 bridgehead atoms. The molecule has 0 aliphatic carbocycles. The Morgan fingerprint density at radius 3 is 2.38 bits per heavy atom. The first-order valence-corrected chi connectivity index (χ1v) is 12.4. The zero-order valence-corrected chi connectivity index (χ0v) is 20.8. The number of benzene rings is 2. The van der Waals surface area contributed by atoms with Gasteiger partial charge in [0, 0.05) is 24.5 Å². The number of sulfonamides is 1. The van der Waals surface area contributed by atoms with Crippen LogP contribution in [-0.2, 0) is 33.4 Å². The van der Waals surface area contributed by atoms with E-state index < -0.39 is 21.8 Å². The maximum Gasteiger partial charge on any atom is 0.420 e. The van der Waals surface area contributed by atoms with Gasteiger partial charge in [-0.3, -0.25) is 0 Å². The van der Waals surface area contributed by atoms with E-state index in [1.807, 2.05) is 35.1 Å². The second-order valence-electron chi connectivity index (χ2n) is 9.07. The molecule has 0 aliphatic rings. The number of methoxy groups -OCH3 is 1. The third kappa shape index (κ3) is 6.02. The summed E-state index contributed by atoms with van der Waals surface area (Å²) in [6.45, 7) is 7.51. The van der Waals surface area contributed by atoms with Gasteiger partial charge in [0.2, 0.25) is 0 Å². The van der Waals surface area contributed by atoms with Crippen LogP contribution in [-0.4, -0.2) is 31.2 Å². The Labute approximate surface area is 200 Å². The lowest BCUT2D eigenvalue weighted by Gasteiger charge is -2.17. The zero-order valence-electron chi connectivity index (χ0n) is 20.0.